The summed E-state index contributed by atoms with van der Waals surface area (Å²) >= 11 is 0. The van der Waals surface area contributed by atoms with Crippen LogP contribution in [-0.4, -0.2) is 90.4 Å². The fraction of sp³-hybridized carbons (Fsp3) is 0.647. The summed E-state index contributed by atoms with van der Waals surface area (Å²) in [5.74, 6) is -4.41. The highest BCUT2D eigenvalue weighted by Gasteiger charge is 2.34. The van der Waals surface area contributed by atoms with Crippen LogP contribution < -0.4 is 0 Å². The molecule has 0 aromatic heterocycles. The quantitative estimate of drug-likeness (QED) is 0.231. The van der Waals surface area contributed by atoms with Crippen LogP contribution in [0.15, 0.2) is 60.8 Å². The van der Waals surface area contributed by atoms with Crippen molar-refractivity contribution < 1.29 is 50.1 Å². The van der Waals surface area contributed by atoms with Crippen molar-refractivity contribution >= 4 is 11.9 Å². The molecule has 44 heavy (non-hydrogen) atoms. The number of carboxylic acids is 1. The molecule has 0 unspecified atom stereocenters. The van der Waals surface area contributed by atoms with Gasteiger partial charge >= 0.3 is 11.9 Å². The topological polar surface area (TPSA) is 185 Å². The van der Waals surface area contributed by atoms with Gasteiger partial charge in [-0.15, -0.1) is 0 Å². The fourth-order valence-electron chi connectivity index (χ4n) is 5.34. The highest BCUT2D eigenvalue weighted by molar-refractivity contribution is 5.73. The Morgan fingerprint density at radius 2 is 1.30 bits per heavy atom. The molecule has 10 nitrogen and oxygen atoms in total. The number of ether oxygens (including phenoxy) is 1. The van der Waals surface area contributed by atoms with E-state index in [4.69, 9.17) is 4.74 Å². The van der Waals surface area contributed by atoms with E-state index in [1.807, 2.05) is 39.0 Å². The molecule has 0 fully saturated rings. The lowest BCUT2D eigenvalue weighted by molar-refractivity contribution is -0.163. The maximum absolute atomic E-state index is 13.1. The van der Waals surface area contributed by atoms with E-state index in [9.17, 15) is 45.3 Å². The molecule has 0 aromatic rings. The number of hydrogen-bond acceptors (Lipinski definition) is 9. The number of aliphatic hydroxyl groups excluding tert-OH is 6. The predicted octanol–water partition coefficient (Wildman–Crippen LogP) is 3.22. The zero-order valence-electron chi connectivity index (χ0n) is 26.4. The number of aliphatic hydroxyl groups is 6. The van der Waals surface area contributed by atoms with E-state index < -0.39 is 66.5 Å². The van der Waals surface area contributed by atoms with Gasteiger partial charge in [0.25, 0.3) is 0 Å². The lowest BCUT2D eigenvalue weighted by Crippen LogP contribution is -2.39. The number of rotatable bonds is 3. The Morgan fingerprint density at radius 3 is 1.82 bits per heavy atom. The maximum Gasteiger partial charge on any atom is 0.312 e. The van der Waals surface area contributed by atoms with Crippen molar-refractivity contribution in [1.29, 1.82) is 0 Å². The van der Waals surface area contributed by atoms with E-state index in [0.717, 1.165) is 0 Å². The summed E-state index contributed by atoms with van der Waals surface area (Å²) in [5, 5.41) is 72.4. The molecule has 10 atom stereocenters. The Morgan fingerprint density at radius 1 is 0.795 bits per heavy atom. The first-order chi connectivity index (χ1) is 20.8. The molecule has 0 saturated carbocycles. The summed E-state index contributed by atoms with van der Waals surface area (Å²) in [4.78, 5) is 24.8. The van der Waals surface area contributed by atoms with Crippen molar-refractivity contribution in [3.8, 4) is 0 Å². The van der Waals surface area contributed by atoms with Crippen LogP contribution in [0.4, 0.5) is 0 Å². The fourth-order valence-corrected chi connectivity index (χ4v) is 5.34. The summed E-state index contributed by atoms with van der Waals surface area (Å²) in [7, 11) is 0. The Balaban J connectivity index is 3.13. The van der Waals surface area contributed by atoms with Crippen LogP contribution in [0.25, 0.3) is 0 Å². The number of cyclic esters (lactones) is 1. The highest BCUT2D eigenvalue weighted by atomic mass is 16.5. The van der Waals surface area contributed by atoms with E-state index in [2.05, 4.69) is 0 Å². The smallest absolute Gasteiger partial charge is 0.312 e. The average Bonchev–Trinajstić information content (AvgIpc) is 2.91. The van der Waals surface area contributed by atoms with Crippen molar-refractivity contribution in [2.75, 3.05) is 0 Å². The molecule has 1 heterocycles. The Kier molecular flexibility index (Phi) is 19.0. The first kappa shape index (κ1) is 39.4. The van der Waals surface area contributed by atoms with Gasteiger partial charge in [0.15, 0.2) is 0 Å². The minimum absolute atomic E-state index is 0.0162. The second-order valence-corrected chi connectivity index (χ2v) is 12.0. The molecular weight excluding hydrogens is 568 g/mol. The Bertz CT molecular complexity index is 985. The number of esters is 1. The SMILES string of the molecule is CC[C@H]1C(=O)O[C@H](C(C)C)[C@@H](C)C=CC=CC=CC=CC=C[C@@H](O)[C@H](C(=O)O)[C@H](O)C[C@H](O)CCC[C@H](O)C[C@H](O)C[C@@H]1O. The molecule has 1 rings (SSSR count). The highest BCUT2D eigenvalue weighted by Crippen LogP contribution is 2.24. The zero-order valence-corrected chi connectivity index (χ0v) is 26.4. The van der Waals surface area contributed by atoms with Crippen LogP contribution in [0.2, 0.25) is 0 Å². The molecule has 0 saturated heterocycles. The first-order valence-electron chi connectivity index (χ1n) is 15.6. The molecule has 10 heteroatoms. The van der Waals surface area contributed by atoms with Crippen molar-refractivity contribution in [1.82, 2.24) is 0 Å². The summed E-state index contributed by atoms with van der Waals surface area (Å²) in [5.41, 5.74) is 0. The van der Waals surface area contributed by atoms with Crippen molar-refractivity contribution in [3.63, 3.8) is 0 Å². The molecule has 1 aliphatic heterocycles. The standard InChI is InChI=1S/C34H54O10/c1-5-27-29(39)21-26(37)19-24(35)16-14-17-25(36)20-30(40)31(33(41)42)28(38)18-13-11-9-7-6-8-10-12-15-23(4)32(22(2)3)44-34(27)43/h6-13,15,18,22-32,35-40H,5,14,16-17,19-21H2,1-4H3,(H,41,42)/t23-,24-,25+,26-,27+,28+,29-,30+,31-,32+/m0/s1. The van der Waals surface area contributed by atoms with Crippen LogP contribution in [0.1, 0.15) is 72.6 Å². The molecular formula is C34H54O10. The van der Waals surface area contributed by atoms with Gasteiger partial charge in [-0.2, -0.15) is 0 Å². The normalized spacial score (nSPS) is 34.8. The van der Waals surface area contributed by atoms with Gasteiger partial charge in [-0.05, 0) is 38.0 Å². The largest absolute Gasteiger partial charge is 0.481 e. The van der Waals surface area contributed by atoms with E-state index in [1.54, 1.807) is 37.3 Å². The van der Waals surface area contributed by atoms with Gasteiger partial charge in [-0.3, -0.25) is 9.59 Å². The van der Waals surface area contributed by atoms with Gasteiger partial charge in [-0.25, -0.2) is 0 Å². The summed E-state index contributed by atoms with van der Waals surface area (Å²) < 4.78 is 5.85. The van der Waals surface area contributed by atoms with Gasteiger partial charge in [0.2, 0.25) is 0 Å². The maximum atomic E-state index is 13.1. The van der Waals surface area contributed by atoms with Crippen LogP contribution in [-0.2, 0) is 14.3 Å². The first-order valence-corrected chi connectivity index (χ1v) is 15.6. The number of allylic oxidation sites excluding steroid dienone is 8. The van der Waals surface area contributed by atoms with Gasteiger partial charge in [0, 0.05) is 18.8 Å². The van der Waals surface area contributed by atoms with E-state index >= 15 is 0 Å². The monoisotopic (exact) mass is 622 g/mol. The van der Waals surface area contributed by atoms with E-state index in [0.29, 0.717) is 12.8 Å². The van der Waals surface area contributed by atoms with Gasteiger partial charge in [0.05, 0.1) is 42.5 Å². The second kappa shape index (κ2) is 21.2. The van der Waals surface area contributed by atoms with E-state index in [1.165, 1.54) is 12.2 Å². The van der Waals surface area contributed by atoms with Gasteiger partial charge < -0.3 is 40.5 Å². The summed E-state index contributed by atoms with van der Waals surface area (Å²) in [6, 6.07) is 0. The predicted molar refractivity (Wildman–Crippen MR) is 168 cm³/mol. The third-order valence-corrected chi connectivity index (χ3v) is 7.85. The second-order valence-electron chi connectivity index (χ2n) is 12.0. The molecule has 7 N–H and O–H groups in total. The lowest BCUT2D eigenvalue weighted by atomic mass is 9.90. The number of hydrogen-bond donors (Lipinski definition) is 7. The number of carboxylic acid groups (broad SMARTS) is 1. The van der Waals surface area contributed by atoms with Crippen LogP contribution >= 0.6 is 0 Å². The minimum atomic E-state index is -1.54. The molecule has 0 spiro atoms. The molecule has 1 aliphatic rings. The molecule has 0 aromatic carbocycles. The van der Waals surface area contributed by atoms with Crippen LogP contribution in [0, 0.1) is 23.7 Å². The van der Waals surface area contributed by atoms with Gasteiger partial charge in [0.1, 0.15) is 12.0 Å². The Labute approximate surface area is 261 Å². The third-order valence-electron chi connectivity index (χ3n) is 7.85. The number of aliphatic carboxylic acids is 1. The van der Waals surface area contributed by atoms with Crippen molar-refractivity contribution in [3.05, 3.63) is 60.8 Å². The molecule has 0 amide bonds. The molecule has 0 aliphatic carbocycles. The van der Waals surface area contributed by atoms with Crippen molar-refractivity contribution in [2.45, 2.75) is 115 Å². The molecule has 250 valence electrons. The lowest BCUT2D eigenvalue weighted by Gasteiger charge is -2.29. The van der Waals surface area contributed by atoms with E-state index in [-0.39, 0.29) is 43.9 Å². The summed E-state index contributed by atoms with van der Waals surface area (Å²) in [6.45, 7) is 7.61. The van der Waals surface area contributed by atoms with Gasteiger partial charge in [-0.1, -0.05) is 88.5 Å². The minimum Gasteiger partial charge on any atom is -0.481 e. The number of carbonyl (C=O) groups is 2. The zero-order chi connectivity index (χ0) is 33.2. The Hall–Kier alpha value is -2.60. The summed E-state index contributed by atoms with van der Waals surface area (Å²) in [6.07, 6.45) is 9.78. The number of carbonyl (C=O) groups excluding carboxylic acids is 1. The molecule has 0 bridgehead atoms. The average molecular weight is 623 g/mol. The third kappa shape index (κ3) is 14.9. The molecule has 0 radical (unpaired) electrons. The van der Waals surface area contributed by atoms with Crippen molar-refractivity contribution in [2.24, 2.45) is 23.7 Å². The van der Waals surface area contributed by atoms with Crippen LogP contribution in [0.3, 0.4) is 0 Å². The van der Waals surface area contributed by atoms with Crippen LogP contribution in [0.5, 0.6) is 0 Å².